The summed E-state index contributed by atoms with van der Waals surface area (Å²) in [5, 5.41) is 7.19. The van der Waals surface area contributed by atoms with Crippen LogP contribution in [0.15, 0.2) is 60.7 Å². The second-order valence-corrected chi connectivity index (χ2v) is 6.57. The van der Waals surface area contributed by atoms with E-state index in [0.717, 1.165) is 17.3 Å². The molecule has 2 rings (SSSR count). The van der Waals surface area contributed by atoms with Gasteiger partial charge in [0.15, 0.2) is 6.17 Å². The predicted octanol–water partition coefficient (Wildman–Crippen LogP) is 4.54. The highest BCUT2D eigenvalue weighted by Gasteiger charge is 2.28. The van der Waals surface area contributed by atoms with Gasteiger partial charge < -0.3 is 14.9 Å². The van der Waals surface area contributed by atoms with Crippen LogP contribution < -0.4 is 0 Å². The summed E-state index contributed by atoms with van der Waals surface area (Å²) < 4.78 is 25.4. The summed E-state index contributed by atoms with van der Waals surface area (Å²) in [7, 11) is 0. The highest BCUT2D eigenvalue weighted by molar-refractivity contribution is 9.09. The first kappa shape index (κ1) is 18.8. The zero-order valence-electron chi connectivity index (χ0n) is 13.3. The number of hydrogen-bond acceptors (Lipinski definition) is 3. The topological polar surface area (TPSA) is 42.3 Å². The molecule has 2 aromatic rings. The third kappa shape index (κ3) is 6.15. The van der Waals surface area contributed by atoms with E-state index in [2.05, 4.69) is 15.9 Å². The molecule has 3 atom stereocenters. The minimum Gasteiger partial charge on any atom is -0.376 e. The van der Waals surface area contributed by atoms with Gasteiger partial charge in [-0.05, 0) is 11.1 Å². The first-order valence-electron chi connectivity index (χ1n) is 7.76. The molecule has 0 aliphatic carbocycles. The maximum absolute atomic E-state index is 14.0. The molecule has 0 spiro atoms. The molecule has 0 aliphatic heterocycles. The number of halogens is 2. The molecule has 24 heavy (non-hydrogen) atoms. The normalized spacial score (nSPS) is 14.8. The average molecular weight is 394 g/mol. The van der Waals surface area contributed by atoms with Crippen molar-refractivity contribution in [3.05, 3.63) is 71.8 Å². The van der Waals surface area contributed by atoms with E-state index in [1.807, 2.05) is 60.7 Å². The van der Waals surface area contributed by atoms with E-state index in [9.17, 15) is 4.39 Å². The summed E-state index contributed by atoms with van der Waals surface area (Å²) in [6.45, 7) is 1.04. The summed E-state index contributed by atoms with van der Waals surface area (Å²) in [4.78, 5) is -0.346. The second kappa shape index (κ2) is 10.3. The molecule has 5 heteroatoms. The molecule has 0 radical (unpaired) electrons. The van der Waals surface area contributed by atoms with Crippen LogP contribution >= 0.6 is 15.9 Å². The lowest BCUT2D eigenvalue weighted by Gasteiger charge is -2.24. The van der Waals surface area contributed by atoms with Gasteiger partial charge >= 0.3 is 0 Å². The molecular formula is C19H21BrFNO2. The standard InChI is InChI=1S/C19H21BrFNO2/c20-17(14-23-12-15-7-3-1-4-8-15)19(18(21)11-22)24-13-16-9-5-2-6-10-16/h1-11,17-19,22H,12-14H2/t17-,18+,19+/m0/s1. The fraction of sp³-hybridized carbons (Fsp3) is 0.316. The molecule has 0 bridgehead atoms. The van der Waals surface area contributed by atoms with E-state index in [4.69, 9.17) is 14.9 Å². The van der Waals surface area contributed by atoms with E-state index in [0.29, 0.717) is 19.8 Å². The Balaban J connectivity index is 1.85. The first-order valence-corrected chi connectivity index (χ1v) is 8.68. The first-order chi connectivity index (χ1) is 11.7. The lowest BCUT2D eigenvalue weighted by atomic mass is 10.1. The van der Waals surface area contributed by atoms with Crippen LogP contribution in [0.3, 0.4) is 0 Å². The van der Waals surface area contributed by atoms with Crippen molar-refractivity contribution in [3.8, 4) is 0 Å². The molecule has 0 unspecified atom stereocenters. The van der Waals surface area contributed by atoms with Gasteiger partial charge in [-0.3, -0.25) is 0 Å². The van der Waals surface area contributed by atoms with Crippen molar-refractivity contribution in [2.45, 2.75) is 30.3 Å². The van der Waals surface area contributed by atoms with Gasteiger partial charge in [0.2, 0.25) is 0 Å². The summed E-state index contributed by atoms with van der Waals surface area (Å²) in [5.74, 6) is 0. The largest absolute Gasteiger partial charge is 0.376 e. The van der Waals surface area contributed by atoms with Gasteiger partial charge in [0.25, 0.3) is 0 Å². The van der Waals surface area contributed by atoms with Crippen LogP contribution in [0.25, 0.3) is 0 Å². The molecule has 0 saturated heterocycles. The van der Waals surface area contributed by atoms with E-state index >= 15 is 0 Å². The average Bonchev–Trinajstić information content (AvgIpc) is 2.63. The van der Waals surface area contributed by atoms with Crippen LogP contribution in [-0.4, -0.2) is 29.9 Å². The van der Waals surface area contributed by atoms with Crippen LogP contribution in [0.5, 0.6) is 0 Å². The minimum atomic E-state index is -1.49. The van der Waals surface area contributed by atoms with Crippen molar-refractivity contribution in [3.63, 3.8) is 0 Å². The number of nitrogens with one attached hydrogen (secondary N) is 1. The Morgan fingerprint density at radius 2 is 1.50 bits per heavy atom. The van der Waals surface area contributed by atoms with Crippen molar-refractivity contribution in [1.29, 1.82) is 5.41 Å². The van der Waals surface area contributed by atoms with Gasteiger partial charge in [-0.15, -0.1) is 0 Å². The van der Waals surface area contributed by atoms with Crippen molar-refractivity contribution < 1.29 is 13.9 Å². The predicted molar refractivity (Wildman–Crippen MR) is 97.5 cm³/mol. The zero-order valence-corrected chi connectivity index (χ0v) is 14.9. The monoisotopic (exact) mass is 393 g/mol. The van der Waals surface area contributed by atoms with Gasteiger partial charge in [0, 0.05) is 6.21 Å². The summed E-state index contributed by atoms with van der Waals surface area (Å²) >= 11 is 3.44. The van der Waals surface area contributed by atoms with E-state index in [-0.39, 0.29) is 4.83 Å². The summed E-state index contributed by atoms with van der Waals surface area (Å²) in [6, 6.07) is 19.4. The van der Waals surface area contributed by atoms with Crippen molar-refractivity contribution in [1.82, 2.24) is 0 Å². The molecule has 2 aromatic carbocycles. The number of benzene rings is 2. The van der Waals surface area contributed by atoms with Crippen molar-refractivity contribution >= 4 is 22.1 Å². The quantitative estimate of drug-likeness (QED) is 0.475. The third-order valence-electron chi connectivity index (χ3n) is 3.50. The fourth-order valence-corrected chi connectivity index (χ4v) is 2.85. The molecule has 0 amide bonds. The number of alkyl halides is 2. The lowest BCUT2D eigenvalue weighted by Crippen LogP contribution is -2.37. The molecule has 0 heterocycles. The van der Waals surface area contributed by atoms with Gasteiger partial charge in [-0.2, -0.15) is 0 Å². The Labute approximate surface area is 150 Å². The van der Waals surface area contributed by atoms with Gasteiger partial charge in [0.05, 0.1) is 24.6 Å². The molecule has 3 nitrogen and oxygen atoms in total. The summed E-state index contributed by atoms with van der Waals surface area (Å²) in [6.07, 6.45) is -1.50. The fourth-order valence-electron chi connectivity index (χ4n) is 2.22. The van der Waals surface area contributed by atoms with Crippen LogP contribution in [-0.2, 0) is 22.7 Å². The van der Waals surface area contributed by atoms with E-state index in [1.165, 1.54) is 0 Å². The molecule has 0 aliphatic rings. The van der Waals surface area contributed by atoms with Crippen molar-refractivity contribution in [2.75, 3.05) is 6.61 Å². The molecule has 0 aromatic heterocycles. The maximum Gasteiger partial charge on any atom is 0.162 e. The zero-order chi connectivity index (χ0) is 17.2. The molecule has 128 valence electrons. The highest BCUT2D eigenvalue weighted by Crippen LogP contribution is 2.18. The Morgan fingerprint density at radius 3 is 2.04 bits per heavy atom. The van der Waals surface area contributed by atoms with Crippen LogP contribution in [0.4, 0.5) is 4.39 Å². The van der Waals surface area contributed by atoms with Crippen LogP contribution in [0.1, 0.15) is 11.1 Å². The van der Waals surface area contributed by atoms with Gasteiger partial charge in [-0.1, -0.05) is 76.6 Å². The number of ether oxygens (including phenoxy) is 2. The second-order valence-electron chi connectivity index (χ2n) is 5.39. The van der Waals surface area contributed by atoms with Crippen LogP contribution in [0, 0.1) is 5.41 Å². The number of rotatable bonds is 10. The van der Waals surface area contributed by atoms with Crippen LogP contribution in [0.2, 0.25) is 0 Å². The Morgan fingerprint density at radius 1 is 0.958 bits per heavy atom. The highest BCUT2D eigenvalue weighted by atomic mass is 79.9. The van der Waals surface area contributed by atoms with Crippen molar-refractivity contribution in [2.24, 2.45) is 0 Å². The molecule has 0 saturated carbocycles. The smallest absolute Gasteiger partial charge is 0.162 e. The Hall–Kier alpha value is -1.56. The third-order valence-corrected chi connectivity index (χ3v) is 4.29. The maximum atomic E-state index is 14.0. The molecule has 1 N–H and O–H groups in total. The van der Waals surface area contributed by atoms with E-state index in [1.54, 1.807) is 0 Å². The number of hydrogen-bond donors (Lipinski definition) is 1. The Kier molecular flexibility index (Phi) is 8.08. The van der Waals surface area contributed by atoms with Gasteiger partial charge in [-0.25, -0.2) is 4.39 Å². The SMILES string of the molecule is N=C[C@@H](F)[C@H](OCc1ccccc1)[C@@H](Br)COCc1ccccc1. The Bertz CT molecular complexity index is 597. The van der Waals surface area contributed by atoms with Gasteiger partial charge in [0.1, 0.15) is 6.10 Å². The van der Waals surface area contributed by atoms with E-state index < -0.39 is 12.3 Å². The lowest BCUT2D eigenvalue weighted by molar-refractivity contribution is -0.00985. The summed E-state index contributed by atoms with van der Waals surface area (Å²) in [5.41, 5.74) is 2.02. The molecular weight excluding hydrogens is 373 g/mol. The molecule has 0 fully saturated rings. The minimum absolute atomic E-state index is 0.292.